The first kappa shape index (κ1) is 15.3. The average molecular weight is 269 g/mol. The Balaban J connectivity index is 1.95. The lowest BCUT2D eigenvalue weighted by Gasteiger charge is -2.36. The number of nitrogens with zero attached hydrogens (tertiary/aromatic N) is 1. The first-order valence-electron chi connectivity index (χ1n) is 7.87. The van der Waals surface area contributed by atoms with E-state index in [0.717, 1.165) is 12.5 Å². The highest BCUT2D eigenvalue weighted by atomic mass is 16.5. The zero-order valence-corrected chi connectivity index (χ0v) is 13.3. The molecule has 0 spiro atoms. The Labute approximate surface area is 118 Å². The minimum atomic E-state index is -0.421. The summed E-state index contributed by atoms with van der Waals surface area (Å²) in [6.07, 6.45) is 3.56. The molecule has 0 amide bonds. The molecule has 0 aromatic rings. The Kier molecular flexibility index (Phi) is 4.29. The molecule has 2 heterocycles. The van der Waals surface area contributed by atoms with Crippen LogP contribution in [0.4, 0.5) is 0 Å². The molecule has 0 aromatic carbocycles. The standard InChI is InChI=1S/C16H31NO2/c1-6-12-7-9-17(10-8-12)11-13-14(18)16(4,5)19-15(13,2)3/h12-14,18H,6-11H2,1-5H3. The third-order valence-electron chi connectivity index (χ3n) is 5.25. The molecule has 0 aromatic heterocycles. The molecule has 2 rings (SSSR count). The molecule has 112 valence electrons. The first-order chi connectivity index (χ1) is 8.76. The van der Waals surface area contributed by atoms with Crippen molar-refractivity contribution in [2.75, 3.05) is 19.6 Å². The molecular weight excluding hydrogens is 238 g/mol. The summed E-state index contributed by atoms with van der Waals surface area (Å²) in [6, 6.07) is 0. The van der Waals surface area contributed by atoms with Gasteiger partial charge in [0.1, 0.15) is 0 Å². The van der Waals surface area contributed by atoms with Gasteiger partial charge < -0.3 is 14.7 Å². The minimum Gasteiger partial charge on any atom is -0.390 e. The second-order valence-electron chi connectivity index (χ2n) is 7.51. The molecule has 19 heavy (non-hydrogen) atoms. The van der Waals surface area contributed by atoms with Crippen LogP contribution in [0.5, 0.6) is 0 Å². The van der Waals surface area contributed by atoms with E-state index in [1.54, 1.807) is 0 Å². The van der Waals surface area contributed by atoms with Crippen molar-refractivity contribution in [2.45, 2.75) is 71.2 Å². The lowest BCUT2D eigenvalue weighted by molar-refractivity contribution is -0.0914. The van der Waals surface area contributed by atoms with E-state index in [1.165, 1.54) is 32.4 Å². The van der Waals surface area contributed by atoms with E-state index in [9.17, 15) is 5.11 Å². The van der Waals surface area contributed by atoms with Crippen molar-refractivity contribution in [3.63, 3.8) is 0 Å². The van der Waals surface area contributed by atoms with Crippen LogP contribution in [0.2, 0.25) is 0 Å². The number of piperidine rings is 1. The van der Waals surface area contributed by atoms with Crippen molar-refractivity contribution in [1.29, 1.82) is 0 Å². The van der Waals surface area contributed by atoms with Crippen molar-refractivity contribution in [1.82, 2.24) is 4.90 Å². The maximum atomic E-state index is 10.5. The van der Waals surface area contributed by atoms with E-state index < -0.39 is 5.60 Å². The number of rotatable bonds is 3. The number of aliphatic hydroxyl groups is 1. The fraction of sp³-hybridized carbons (Fsp3) is 1.00. The molecule has 0 bridgehead atoms. The van der Waals surface area contributed by atoms with Crippen LogP contribution in [0.15, 0.2) is 0 Å². The zero-order valence-electron chi connectivity index (χ0n) is 13.3. The summed E-state index contributed by atoms with van der Waals surface area (Å²) < 4.78 is 6.07. The van der Waals surface area contributed by atoms with Crippen LogP contribution < -0.4 is 0 Å². The molecule has 2 fully saturated rings. The second kappa shape index (κ2) is 5.34. The van der Waals surface area contributed by atoms with E-state index in [-0.39, 0.29) is 17.6 Å². The van der Waals surface area contributed by atoms with Crippen molar-refractivity contribution < 1.29 is 9.84 Å². The van der Waals surface area contributed by atoms with Gasteiger partial charge in [-0.05, 0) is 59.5 Å². The normalized spacial score (nSPS) is 35.7. The van der Waals surface area contributed by atoms with E-state index in [0.29, 0.717) is 0 Å². The Morgan fingerprint density at radius 1 is 1.11 bits per heavy atom. The summed E-state index contributed by atoms with van der Waals surface area (Å²) >= 11 is 0. The van der Waals surface area contributed by atoms with Gasteiger partial charge in [0.25, 0.3) is 0 Å². The molecule has 0 aliphatic carbocycles. The Bertz CT molecular complexity index is 306. The fourth-order valence-electron chi connectivity index (χ4n) is 3.85. The number of ether oxygens (including phenoxy) is 1. The maximum absolute atomic E-state index is 10.5. The smallest absolute Gasteiger partial charge is 0.0896 e. The van der Waals surface area contributed by atoms with Gasteiger partial charge in [-0.15, -0.1) is 0 Å². The van der Waals surface area contributed by atoms with Crippen LogP contribution in [-0.2, 0) is 4.74 Å². The minimum absolute atomic E-state index is 0.209. The van der Waals surface area contributed by atoms with Crippen molar-refractivity contribution in [3.8, 4) is 0 Å². The second-order valence-corrected chi connectivity index (χ2v) is 7.51. The quantitative estimate of drug-likeness (QED) is 0.855. The van der Waals surface area contributed by atoms with Gasteiger partial charge in [-0.25, -0.2) is 0 Å². The van der Waals surface area contributed by atoms with Gasteiger partial charge in [-0.2, -0.15) is 0 Å². The van der Waals surface area contributed by atoms with Crippen LogP contribution in [0.25, 0.3) is 0 Å². The number of hydrogen-bond acceptors (Lipinski definition) is 3. The predicted octanol–water partition coefficient (Wildman–Crippen LogP) is 2.67. The summed E-state index contributed by atoms with van der Waals surface area (Å²) in [5.41, 5.74) is -0.652. The van der Waals surface area contributed by atoms with Gasteiger partial charge in [0.2, 0.25) is 0 Å². The van der Waals surface area contributed by atoms with Crippen LogP contribution in [-0.4, -0.2) is 46.9 Å². The zero-order chi connectivity index (χ0) is 14.3. The van der Waals surface area contributed by atoms with Gasteiger partial charge in [0.15, 0.2) is 0 Å². The lowest BCUT2D eigenvalue weighted by atomic mass is 9.83. The molecule has 2 unspecified atom stereocenters. The summed E-state index contributed by atoms with van der Waals surface area (Å²) in [5.74, 6) is 1.12. The SMILES string of the molecule is CCC1CCN(CC2C(O)C(C)(C)OC2(C)C)CC1. The Hall–Kier alpha value is -0.120. The van der Waals surface area contributed by atoms with Gasteiger partial charge in [-0.3, -0.25) is 0 Å². The van der Waals surface area contributed by atoms with E-state index in [1.807, 2.05) is 13.8 Å². The van der Waals surface area contributed by atoms with Crippen LogP contribution in [0.1, 0.15) is 53.9 Å². The van der Waals surface area contributed by atoms with Gasteiger partial charge in [-0.1, -0.05) is 13.3 Å². The summed E-state index contributed by atoms with van der Waals surface area (Å²) in [5, 5.41) is 10.5. The molecular formula is C16H31NO2. The molecule has 1 N–H and O–H groups in total. The van der Waals surface area contributed by atoms with Gasteiger partial charge in [0.05, 0.1) is 17.3 Å². The largest absolute Gasteiger partial charge is 0.390 e. The molecule has 3 nitrogen and oxygen atoms in total. The summed E-state index contributed by atoms with van der Waals surface area (Å²) in [4.78, 5) is 2.52. The molecule has 0 radical (unpaired) electrons. The van der Waals surface area contributed by atoms with E-state index in [2.05, 4.69) is 25.7 Å². The van der Waals surface area contributed by atoms with E-state index >= 15 is 0 Å². The Morgan fingerprint density at radius 3 is 2.11 bits per heavy atom. The summed E-state index contributed by atoms with van der Waals surface area (Å²) in [6.45, 7) is 13.9. The molecule has 2 aliphatic rings. The topological polar surface area (TPSA) is 32.7 Å². The van der Waals surface area contributed by atoms with E-state index in [4.69, 9.17) is 4.74 Å². The molecule has 2 saturated heterocycles. The maximum Gasteiger partial charge on any atom is 0.0896 e. The predicted molar refractivity (Wildman–Crippen MR) is 78.2 cm³/mol. The first-order valence-corrected chi connectivity index (χ1v) is 7.87. The highest BCUT2D eigenvalue weighted by Gasteiger charge is 2.53. The summed E-state index contributed by atoms with van der Waals surface area (Å²) in [7, 11) is 0. The molecule has 2 atom stereocenters. The number of likely N-dealkylation sites (tertiary alicyclic amines) is 1. The third kappa shape index (κ3) is 3.14. The van der Waals surface area contributed by atoms with Crippen LogP contribution in [0, 0.1) is 11.8 Å². The van der Waals surface area contributed by atoms with Crippen molar-refractivity contribution >= 4 is 0 Å². The molecule has 3 heteroatoms. The van der Waals surface area contributed by atoms with Crippen molar-refractivity contribution in [2.24, 2.45) is 11.8 Å². The lowest BCUT2D eigenvalue weighted by Crippen LogP contribution is -2.45. The average Bonchev–Trinajstić information content (AvgIpc) is 2.48. The van der Waals surface area contributed by atoms with Crippen LogP contribution >= 0.6 is 0 Å². The monoisotopic (exact) mass is 269 g/mol. The van der Waals surface area contributed by atoms with Crippen LogP contribution in [0.3, 0.4) is 0 Å². The highest BCUT2D eigenvalue weighted by molar-refractivity contribution is 5.02. The Morgan fingerprint density at radius 2 is 1.68 bits per heavy atom. The third-order valence-corrected chi connectivity index (χ3v) is 5.25. The molecule has 0 saturated carbocycles. The fourth-order valence-corrected chi connectivity index (χ4v) is 3.85. The van der Waals surface area contributed by atoms with Gasteiger partial charge in [0, 0.05) is 12.5 Å². The molecule has 2 aliphatic heterocycles. The number of hydrogen-bond donors (Lipinski definition) is 1. The van der Waals surface area contributed by atoms with Crippen molar-refractivity contribution in [3.05, 3.63) is 0 Å². The van der Waals surface area contributed by atoms with Gasteiger partial charge >= 0.3 is 0 Å². The number of aliphatic hydroxyl groups excluding tert-OH is 1. The highest BCUT2D eigenvalue weighted by Crippen LogP contribution is 2.42.